The van der Waals surface area contributed by atoms with Crippen molar-refractivity contribution in [3.05, 3.63) is 45.0 Å². The summed E-state index contributed by atoms with van der Waals surface area (Å²) in [6.07, 6.45) is 5.22. The Morgan fingerprint density at radius 1 is 1.39 bits per heavy atom. The maximum Gasteiger partial charge on any atom is 0.274 e. The molecule has 3 atom stereocenters. The maximum absolute atomic E-state index is 13.3. The number of thiazole rings is 1. The van der Waals surface area contributed by atoms with Crippen LogP contribution in [0.25, 0.3) is 0 Å². The molecule has 0 aliphatic carbocycles. The summed E-state index contributed by atoms with van der Waals surface area (Å²) in [5.74, 6) is -0.254. The minimum atomic E-state index is -0.695. The highest BCUT2D eigenvalue weighted by Crippen LogP contribution is 2.52. The Labute approximate surface area is 166 Å². The smallest absolute Gasteiger partial charge is 0.274 e. The molecule has 2 aliphatic rings. The molecule has 0 aromatic carbocycles. The molecule has 4 heterocycles. The molecule has 2 aromatic rings. The molecule has 0 unspecified atom stereocenters. The molecule has 2 amide bonds. The van der Waals surface area contributed by atoms with Gasteiger partial charge in [-0.05, 0) is 33.1 Å². The summed E-state index contributed by atoms with van der Waals surface area (Å²) < 4.78 is 0. The summed E-state index contributed by atoms with van der Waals surface area (Å²) in [6, 6.07) is -0.203. The molecule has 8 nitrogen and oxygen atoms in total. The fourth-order valence-corrected chi connectivity index (χ4v) is 5.21. The number of hydrogen-bond donors (Lipinski definition) is 2. The van der Waals surface area contributed by atoms with Crippen LogP contribution in [-0.4, -0.2) is 49.8 Å². The molecule has 148 valence electrons. The van der Waals surface area contributed by atoms with Crippen LogP contribution in [0.2, 0.25) is 0 Å². The van der Waals surface area contributed by atoms with Crippen LogP contribution in [0.1, 0.15) is 49.3 Å². The average molecular weight is 401 g/mol. The lowest BCUT2D eigenvalue weighted by Crippen LogP contribution is -2.52. The summed E-state index contributed by atoms with van der Waals surface area (Å²) in [6.45, 7) is 3.88. The highest BCUT2D eigenvalue weighted by Gasteiger charge is 2.61. The molecule has 0 radical (unpaired) electrons. The van der Waals surface area contributed by atoms with Crippen LogP contribution in [0.5, 0.6) is 0 Å². The molecule has 9 heteroatoms. The van der Waals surface area contributed by atoms with Crippen molar-refractivity contribution in [1.82, 2.24) is 25.2 Å². The lowest BCUT2D eigenvalue weighted by atomic mass is 9.70. The summed E-state index contributed by atoms with van der Waals surface area (Å²) in [4.78, 5) is 50.4. The van der Waals surface area contributed by atoms with Crippen molar-refractivity contribution in [2.24, 2.45) is 5.41 Å². The largest absolute Gasteiger partial charge is 0.353 e. The number of nitrogens with zero attached hydrogens (tertiary/aromatic N) is 3. The van der Waals surface area contributed by atoms with Crippen LogP contribution >= 0.6 is 11.3 Å². The predicted molar refractivity (Wildman–Crippen MR) is 104 cm³/mol. The third-order valence-corrected chi connectivity index (χ3v) is 6.35. The number of H-pyrrole nitrogens is 1. The minimum Gasteiger partial charge on any atom is -0.353 e. The number of carbonyl (C=O) groups excluding carboxylic acids is 2. The Hall–Kier alpha value is -2.55. The summed E-state index contributed by atoms with van der Waals surface area (Å²) >= 11 is 1.51. The van der Waals surface area contributed by atoms with Gasteiger partial charge in [0, 0.05) is 36.1 Å². The highest BCUT2D eigenvalue weighted by molar-refractivity contribution is 7.07. The van der Waals surface area contributed by atoms with E-state index in [1.54, 1.807) is 5.51 Å². The van der Waals surface area contributed by atoms with Gasteiger partial charge in [-0.1, -0.05) is 0 Å². The van der Waals surface area contributed by atoms with Crippen molar-refractivity contribution in [3.63, 3.8) is 0 Å². The van der Waals surface area contributed by atoms with Gasteiger partial charge in [0.15, 0.2) is 0 Å². The predicted octanol–water partition coefficient (Wildman–Crippen LogP) is 1.36. The van der Waals surface area contributed by atoms with E-state index in [2.05, 4.69) is 20.3 Å². The Balaban J connectivity index is 1.68. The molecule has 2 bridgehead atoms. The van der Waals surface area contributed by atoms with E-state index in [0.29, 0.717) is 12.8 Å². The van der Waals surface area contributed by atoms with Gasteiger partial charge < -0.3 is 15.2 Å². The van der Waals surface area contributed by atoms with Crippen LogP contribution < -0.4 is 10.9 Å². The fourth-order valence-electron chi connectivity index (χ4n) is 4.65. The number of rotatable bonds is 5. The SMILES string of the molecule is CC(C)NC(=O)[C@@]1(Cc2cscn2)C[C@H]2CC[C@@H]1N2C(=O)c1c[nH]c(=O)cn1. The first-order valence-corrected chi connectivity index (χ1v) is 10.4. The van der Waals surface area contributed by atoms with Crippen molar-refractivity contribution < 1.29 is 9.59 Å². The number of nitrogens with one attached hydrogen (secondary N) is 2. The topological polar surface area (TPSA) is 108 Å². The summed E-state index contributed by atoms with van der Waals surface area (Å²) in [5.41, 5.74) is 1.80. The maximum atomic E-state index is 13.3. The van der Waals surface area contributed by atoms with Crippen LogP contribution in [-0.2, 0) is 11.2 Å². The molecule has 0 saturated carbocycles. The number of aromatic nitrogens is 3. The second-order valence-electron chi connectivity index (χ2n) is 7.90. The molecular weight excluding hydrogens is 378 g/mol. The molecular formula is C19H23N5O3S. The molecule has 28 heavy (non-hydrogen) atoms. The lowest BCUT2D eigenvalue weighted by molar-refractivity contribution is -0.133. The zero-order valence-corrected chi connectivity index (χ0v) is 16.7. The second kappa shape index (κ2) is 7.12. The van der Waals surface area contributed by atoms with Gasteiger partial charge in [0.2, 0.25) is 5.91 Å². The molecule has 2 fully saturated rings. The number of hydrogen-bond acceptors (Lipinski definition) is 6. The van der Waals surface area contributed by atoms with Crippen molar-refractivity contribution in [2.45, 2.75) is 57.7 Å². The van der Waals surface area contributed by atoms with Gasteiger partial charge >= 0.3 is 0 Å². The van der Waals surface area contributed by atoms with Crippen molar-refractivity contribution in [3.8, 4) is 0 Å². The van der Waals surface area contributed by atoms with E-state index in [4.69, 9.17) is 0 Å². The Morgan fingerprint density at radius 2 is 2.21 bits per heavy atom. The van der Waals surface area contributed by atoms with Gasteiger partial charge in [-0.3, -0.25) is 14.4 Å². The Bertz CT molecular complexity index is 921. The van der Waals surface area contributed by atoms with Crippen LogP contribution in [0.3, 0.4) is 0 Å². The van der Waals surface area contributed by atoms with Crippen molar-refractivity contribution in [2.75, 3.05) is 0 Å². The molecule has 2 saturated heterocycles. The molecule has 2 aliphatic heterocycles. The van der Waals surface area contributed by atoms with E-state index >= 15 is 0 Å². The van der Waals surface area contributed by atoms with E-state index in [1.165, 1.54) is 17.5 Å². The first-order valence-electron chi connectivity index (χ1n) is 9.46. The molecule has 2 aromatic heterocycles. The fraction of sp³-hybridized carbons (Fsp3) is 0.526. The van der Waals surface area contributed by atoms with Gasteiger partial charge in [0.05, 0.1) is 22.8 Å². The number of aromatic amines is 1. The van der Waals surface area contributed by atoms with Gasteiger partial charge in [-0.2, -0.15) is 0 Å². The number of fused-ring (bicyclic) bond motifs is 2. The monoisotopic (exact) mass is 401 g/mol. The Kier molecular flexibility index (Phi) is 4.78. The summed E-state index contributed by atoms with van der Waals surface area (Å²) in [7, 11) is 0. The molecule has 0 spiro atoms. The van der Waals surface area contributed by atoms with E-state index in [-0.39, 0.29) is 41.2 Å². The zero-order valence-electron chi connectivity index (χ0n) is 15.8. The third kappa shape index (κ3) is 3.13. The highest BCUT2D eigenvalue weighted by atomic mass is 32.1. The van der Waals surface area contributed by atoms with Gasteiger partial charge in [0.1, 0.15) is 5.69 Å². The standard InChI is InChI=1S/C19H23N5O3S/c1-11(2)23-18(27)19(5-12-9-28-10-22-12)6-13-3-4-15(19)24(13)17(26)14-7-21-16(25)8-20-14/h7-11,13,15H,3-6H2,1-2H3,(H,21,25)(H,23,27)/t13-,15+,19+/m1/s1. The normalized spacial score (nSPS) is 26.0. The second-order valence-corrected chi connectivity index (χ2v) is 8.62. The zero-order chi connectivity index (χ0) is 19.9. The number of carbonyl (C=O) groups is 2. The van der Waals surface area contributed by atoms with Crippen LogP contribution in [0.15, 0.2) is 28.1 Å². The van der Waals surface area contributed by atoms with E-state index in [1.807, 2.05) is 24.1 Å². The van der Waals surface area contributed by atoms with E-state index in [0.717, 1.165) is 24.7 Å². The van der Waals surface area contributed by atoms with Crippen molar-refractivity contribution in [1.29, 1.82) is 0 Å². The van der Waals surface area contributed by atoms with E-state index < -0.39 is 5.41 Å². The lowest BCUT2D eigenvalue weighted by Gasteiger charge is -2.36. The van der Waals surface area contributed by atoms with Crippen LogP contribution in [0.4, 0.5) is 0 Å². The average Bonchev–Trinajstić information content (AvgIpc) is 3.37. The number of amides is 2. The van der Waals surface area contributed by atoms with Gasteiger partial charge in [-0.25, -0.2) is 9.97 Å². The molecule has 2 N–H and O–H groups in total. The quantitative estimate of drug-likeness (QED) is 0.786. The van der Waals surface area contributed by atoms with Crippen molar-refractivity contribution >= 4 is 23.2 Å². The first kappa shape index (κ1) is 18.8. The van der Waals surface area contributed by atoms with Gasteiger partial charge in [0.25, 0.3) is 11.5 Å². The van der Waals surface area contributed by atoms with Crippen LogP contribution in [0, 0.1) is 5.41 Å². The third-order valence-electron chi connectivity index (χ3n) is 5.72. The van der Waals surface area contributed by atoms with Gasteiger partial charge in [-0.15, -0.1) is 11.3 Å². The molecule has 4 rings (SSSR count). The summed E-state index contributed by atoms with van der Waals surface area (Å²) in [5, 5.41) is 5.03. The first-order chi connectivity index (χ1) is 13.4. The van der Waals surface area contributed by atoms with E-state index in [9.17, 15) is 14.4 Å². The minimum absolute atomic E-state index is 0.0113. The Morgan fingerprint density at radius 3 is 2.86 bits per heavy atom.